The van der Waals surface area contributed by atoms with Crippen molar-refractivity contribution >= 4 is 38.9 Å². The summed E-state index contributed by atoms with van der Waals surface area (Å²) in [6.07, 6.45) is 0. The molecule has 0 aliphatic rings. The third-order valence-electron chi connectivity index (χ3n) is 5.64. The summed E-state index contributed by atoms with van der Waals surface area (Å²) in [4.78, 5) is 25.0. The van der Waals surface area contributed by atoms with Gasteiger partial charge in [0.25, 0.3) is 15.9 Å². The van der Waals surface area contributed by atoms with E-state index in [-0.39, 0.29) is 28.6 Å². The van der Waals surface area contributed by atoms with E-state index in [1.807, 2.05) is 37.3 Å². The highest BCUT2D eigenvalue weighted by Gasteiger charge is 2.28. The molecule has 188 valence electrons. The highest BCUT2D eigenvalue weighted by Crippen LogP contribution is 2.30. The Labute approximate surface area is 216 Å². The summed E-state index contributed by atoms with van der Waals surface area (Å²) in [5.41, 5.74) is 3.15. The van der Waals surface area contributed by atoms with Gasteiger partial charge >= 0.3 is 0 Å². The van der Waals surface area contributed by atoms with Gasteiger partial charge in [-0.25, -0.2) is 8.42 Å². The third kappa shape index (κ3) is 6.23. The van der Waals surface area contributed by atoms with E-state index in [4.69, 9.17) is 0 Å². The maximum absolute atomic E-state index is 13.9. The van der Waals surface area contributed by atoms with Gasteiger partial charge in [-0.2, -0.15) is 0 Å². The summed E-state index contributed by atoms with van der Waals surface area (Å²) in [6, 6.07) is 29.2. The molecule has 0 aliphatic heterocycles. The Kier molecular flexibility index (Phi) is 7.69. The van der Waals surface area contributed by atoms with E-state index in [1.54, 1.807) is 72.8 Å². The van der Waals surface area contributed by atoms with Gasteiger partial charge in [0.1, 0.15) is 0 Å². The normalized spacial score (nSPS) is 11.0. The van der Waals surface area contributed by atoms with Crippen LogP contribution in [0.25, 0.3) is 0 Å². The lowest BCUT2D eigenvalue weighted by Gasteiger charge is -2.26. The quantitative estimate of drug-likeness (QED) is 0.321. The summed E-state index contributed by atoms with van der Waals surface area (Å²) in [6.45, 7) is 3.33. The number of aryl methyl sites for hydroxylation is 1. The number of anilines is 3. The zero-order valence-corrected chi connectivity index (χ0v) is 21.3. The van der Waals surface area contributed by atoms with Crippen LogP contribution in [0.15, 0.2) is 108 Å². The van der Waals surface area contributed by atoms with Crippen LogP contribution in [0.2, 0.25) is 0 Å². The summed E-state index contributed by atoms with van der Waals surface area (Å²) < 4.78 is 29.0. The number of nitrogens with one attached hydrogen (secondary N) is 2. The number of amides is 2. The van der Waals surface area contributed by atoms with E-state index in [2.05, 4.69) is 10.6 Å². The molecule has 0 aromatic heterocycles. The van der Waals surface area contributed by atoms with Crippen molar-refractivity contribution in [2.75, 3.05) is 14.9 Å². The molecule has 0 saturated heterocycles. The van der Waals surface area contributed by atoms with Crippen LogP contribution in [-0.2, 0) is 21.4 Å². The first-order valence-corrected chi connectivity index (χ1v) is 13.1. The van der Waals surface area contributed by atoms with Gasteiger partial charge in [-0.3, -0.25) is 13.9 Å². The number of hydrogen-bond acceptors (Lipinski definition) is 4. The smallest absolute Gasteiger partial charge is 0.264 e. The molecule has 2 amide bonds. The molecule has 0 spiro atoms. The van der Waals surface area contributed by atoms with Crippen molar-refractivity contribution in [1.82, 2.24) is 0 Å². The topological polar surface area (TPSA) is 95.6 Å². The summed E-state index contributed by atoms with van der Waals surface area (Å²) in [5, 5.41) is 5.50. The average Bonchev–Trinajstić information content (AvgIpc) is 2.88. The van der Waals surface area contributed by atoms with Gasteiger partial charge in [-0.1, -0.05) is 66.2 Å². The van der Waals surface area contributed by atoms with Crippen LogP contribution >= 0.6 is 0 Å². The van der Waals surface area contributed by atoms with Crippen LogP contribution in [-0.4, -0.2) is 20.2 Å². The molecular formula is C29H27N3O4S. The predicted molar refractivity (Wildman–Crippen MR) is 146 cm³/mol. The van der Waals surface area contributed by atoms with Crippen molar-refractivity contribution in [3.05, 3.63) is 120 Å². The summed E-state index contributed by atoms with van der Waals surface area (Å²) in [7, 11) is -4.01. The number of hydrogen-bond donors (Lipinski definition) is 2. The van der Waals surface area contributed by atoms with Crippen molar-refractivity contribution in [2.24, 2.45) is 0 Å². The molecule has 0 aliphatic carbocycles. The Morgan fingerprint density at radius 3 is 2.05 bits per heavy atom. The molecule has 0 unspecified atom stereocenters. The van der Waals surface area contributed by atoms with Gasteiger partial charge in [0.05, 0.1) is 22.7 Å². The Morgan fingerprint density at radius 2 is 1.38 bits per heavy atom. The van der Waals surface area contributed by atoms with Crippen LogP contribution < -0.4 is 14.9 Å². The van der Waals surface area contributed by atoms with E-state index in [9.17, 15) is 18.0 Å². The van der Waals surface area contributed by atoms with Crippen molar-refractivity contribution in [3.8, 4) is 0 Å². The summed E-state index contributed by atoms with van der Waals surface area (Å²) in [5.74, 6) is -0.709. The number of carbonyl (C=O) groups excluding carboxylic acids is 2. The fourth-order valence-electron chi connectivity index (χ4n) is 3.85. The van der Waals surface area contributed by atoms with E-state index >= 15 is 0 Å². The number of carbonyl (C=O) groups is 2. The van der Waals surface area contributed by atoms with E-state index < -0.39 is 15.9 Å². The lowest BCUT2D eigenvalue weighted by Crippen LogP contribution is -2.32. The molecule has 37 heavy (non-hydrogen) atoms. The molecule has 0 radical (unpaired) electrons. The second-order valence-electron chi connectivity index (χ2n) is 8.54. The van der Waals surface area contributed by atoms with Crippen LogP contribution in [0, 0.1) is 6.92 Å². The number of sulfonamides is 1. The molecule has 0 atom stereocenters. The Balaban J connectivity index is 1.74. The Hall–Kier alpha value is -4.43. The van der Waals surface area contributed by atoms with Gasteiger partial charge in [-0.05, 0) is 55.0 Å². The molecule has 0 bridgehead atoms. The maximum Gasteiger partial charge on any atom is 0.264 e. The minimum atomic E-state index is -4.01. The van der Waals surface area contributed by atoms with Gasteiger partial charge in [0.2, 0.25) is 5.91 Å². The molecule has 7 nitrogen and oxygen atoms in total. The lowest BCUT2D eigenvalue weighted by molar-refractivity contribution is -0.114. The molecule has 0 heterocycles. The van der Waals surface area contributed by atoms with E-state index in [0.29, 0.717) is 11.4 Å². The highest BCUT2D eigenvalue weighted by molar-refractivity contribution is 7.92. The van der Waals surface area contributed by atoms with Crippen molar-refractivity contribution in [2.45, 2.75) is 25.3 Å². The van der Waals surface area contributed by atoms with Crippen molar-refractivity contribution in [3.63, 3.8) is 0 Å². The largest absolute Gasteiger partial charge is 0.326 e. The first kappa shape index (κ1) is 25.7. The van der Waals surface area contributed by atoms with E-state index in [0.717, 1.165) is 11.1 Å². The van der Waals surface area contributed by atoms with Crippen LogP contribution in [0.5, 0.6) is 0 Å². The van der Waals surface area contributed by atoms with Crippen LogP contribution in [0.3, 0.4) is 0 Å². The predicted octanol–water partition coefficient (Wildman–Crippen LogP) is 5.60. The average molecular weight is 514 g/mol. The van der Waals surface area contributed by atoms with Gasteiger partial charge in [0, 0.05) is 18.3 Å². The molecule has 2 N–H and O–H groups in total. The number of para-hydroxylation sites is 1. The second-order valence-corrected chi connectivity index (χ2v) is 10.4. The molecule has 4 aromatic carbocycles. The standard InChI is InChI=1S/C29H27N3O4S/c1-21-15-17-26(18-16-21)37(35,36)32(20-23-9-4-3-5-10-23)28-14-7-6-13-27(28)29(34)31-25-12-8-11-24(19-25)30-22(2)33/h3-19H,20H2,1-2H3,(H,30,33)(H,31,34). The number of rotatable bonds is 8. The first-order valence-electron chi connectivity index (χ1n) is 11.7. The monoisotopic (exact) mass is 513 g/mol. The van der Waals surface area contributed by atoms with Crippen LogP contribution in [0.4, 0.5) is 17.1 Å². The lowest BCUT2D eigenvalue weighted by atomic mass is 10.1. The minimum absolute atomic E-state index is 0.0410. The highest BCUT2D eigenvalue weighted by atomic mass is 32.2. The van der Waals surface area contributed by atoms with E-state index in [1.165, 1.54) is 11.2 Å². The molecule has 4 rings (SSSR count). The third-order valence-corrected chi connectivity index (χ3v) is 7.41. The molecule has 4 aromatic rings. The van der Waals surface area contributed by atoms with Gasteiger partial charge < -0.3 is 10.6 Å². The zero-order valence-electron chi connectivity index (χ0n) is 20.5. The zero-order chi connectivity index (χ0) is 26.4. The fraction of sp³-hybridized carbons (Fsp3) is 0.103. The fourth-order valence-corrected chi connectivity index (χ4v) is 5.32. The molecule has 0 fully saturated rings. The maximum atomic E-state index is 13.9. The van der Waals surface area contributed by atoms with Gasteiger partial charge in [-0.15, -0.1) is 0 Å². The Bertz CT molecular complexity index is 1520. The first-order chi connectivity index (χ1) is 17.7. The Morgan fingerprint density at radius 1 is 0.757 bits per heavy atom. The number of nitrogens with zero attached hydrogens (tertiary/aromatic N) is 1. The van der Waals surface area contributed by atoms with Crippen LogP contribution in [0.1, 0.15) is 28.4 Å². The van der Waals surface area contributed by atoms with Gasteiger partial charge in [0.15, 0.2) is 0 Å². The SMILES string of the molecule is CC(=O)Nc1cccc(NC(=O)c2ccccc2N(Cc2ccccc2)S(=O)(=O)c2ccc(C)cc2)c1. The summed E-state index contributed by atoms with van der Waals surface area (Å²) >= 11 is 0. The van der Waals surface area contributed by atoms with Crippen molar-refractivity contribution in [1.29, 1.82) is 0 Å². The molecule has 8 heteroatoms. The number of benzene rings is 4. The van der Waals surface area contributed by atoms with Crippen molar-refractivity contribution < 1.29 is 18.0 Å². The second kappa shape index (κ2) is 11.1. The minimum Gasteiger partial charge on any atom is -0.326 e. The molecular weight excluding hydrogens is 486 g/mol. The molecule has 0 saturated carbocycles.